The first-order valence-corrected chi connectivity index (χ1v) is 14.1. The minimum Gasteiger partial charge on any atom is -0.377 e. The Kier molecular flexibility index (Phi) is 8.86. The van der Waals surface area contributed by atoms with E-state index in [1.807, 2.05) is 0 Å². The molecule has 0 aliphatic carbocycles. The number of hydrogen-bond donors (Lipinski definition) is 0. The van der Waals surface area contributed by atoms with Crippen molar-refractivity contribution in [2.45, 2.75) is 32.2 Å². The smallest absolute Gasteiger partial charge is 0.150 e. The molecule has 8 heteroatoms. The monoisotopic (exact) mass is 632 g/mol. The van der Waals surface area contributed by atoms with E-state index in [9.17, 15) is 0 Å². The van der Waals surface area contributed by atoms with E-state index in [0.29, 0.717) is 6.61 Å². The Hall–Kier alpha value is 2.09. The number of rotatable bonds is 6. The van der Waals surface area contributed by atoms with Crippen molar-refractivity contribution in [3.05, 3.63) is 27.9 Å². The van der Waals surface area contributed by atoms with E-state index in [4.69, 9.17) is 15.8 Å². The summed E-state index contributed by atoms with van der Waals surface area (Å²) in [6.45, 7) is 5.60. The second-order valence-corrected chi connectivity index (χ2v) is 15.9. The van der Waals surface area contributed by atoms with Crippen molar-refractivity contribution >= 4 is 98.1 Å². The van der Waals surface area contributed by atoms with E-state index < -0.39 is 7.38 Å². The summed E-state index contributed by atoms with van der Waals surface area (Å²) in [6, 6.07) is 1.07. The van der Waals surface area contributed by atoms with Gasteiger partial charge in [-0.3, -0.25) is 0 Å². The fourth-order valence-electron chi connectivity index (χ4n) is 1.55. The van der Waals surface area contributed by atoms with Crippen LogP contribution in [0.1, 0.15) is 12.0 Å². The van der Waals surface area contributed by atoms with Gasteiger partial charge in [0.15, 0.2) is 7.38 Å². The Morgan fingerprint density at radius 1 is 0.900 bits per heavy atom. The summed E-state index contributed by atoms with van der Waals surface area (Å²) < 4.78 is 10.7. The fourth-order valence-corrected chi connectivity index (χ4v) is 6.29. The maximum atomic E-state index is 6.29. The van der Waals surface area contributed by atoms with Crippen LogP contribution in [0.25, 0.3) is 0 Å². The molecule has 0 saturated heterocycles. The van der Waals surface area contributed by atoms with Crippen molar-refractivity contribution in [2.24, 2.45) is 0 Å². The fraction of sp³-hybridized carbons (Fsp3) is 0.500. The van der Waals surface area contributed by atoms with Crippen LogP contribution in [0.5, 0.6) is 0 Å². The van der Waals surface area contributed by atoms with Crippen molar-refractivity contribution < 1.29 is 4.74 Å². The van der Waals surface area contributed by atoms with E-state index in [1.165, 1.54) is 0 Å². The summed E-state index contributed by atoms with van der Waals surface area (Å²) in [4.78, 5) is 0. The Labute approximate surface area is 167 Å². The number of ether oxygens (including phenoxy) is 1. The lowest BCUT2D eigenvalue weighted by molar-refractivity contribution is 0.120. The predicted molar refractivity (Wildman–Crippen MR) is 107 cm³/mol. The van der Waals surface area contributed by atoms with Crippen LogP contribution in [0.4, 0.5) is 0 Å². The third-order valence-corrected chi connectivity index (χ3v) is 11.0. The molecule has 0 fully saturated rings. The summed E-state index contributed by atoms with van der Waals surface area (Å²) in [5, 5.41) is 0. The van der Waals surface area contributed by atoms with Crippen molar-refractivity contribution in [3.63, 3.8) is 0 Å². The molecule has 0 aliphatic rings. The van der Waals surface area contributed by atoms with Crippen LogP contribution in [0.2, 0.25) is 19.1 Å². The van der Waals surface area contributed by atoms with Gasteiger partial charge in [-0.05, 0) is 92.1 Å². The Morgan fingerprint density at radius 2 is 1.35 bits per heavy atom. The molecule has 0 saturated carbocycles. The van der Waals surface area contributed by atoms with Gasteiger partial charge in [0, 0.05) is 34.5 Å². The maximum absolute atomic E-state index is 6.29. The first kappa shape index (κ1) is 20.1. The molecule has 1 rings (SSSR count). The molecule has 0 bridgehead atoms. The van der Waals surface area contributed by atoms with Gasteiger partial charge in [-0.25, -0.2) is 0 Å². The van der Waals surface area contributed by atoms with Crippen molar-refractivity contribution in [3.8, 4) is 0 Å². The first-order valence-electron chi connectivity index (χ1n) is 5.92. The lowest BCUT2D eigenvalue weighted by atomic mass is 10.2. The summed E-state index contributed by atoms with van der Waals surface area (Å²) in [6.07, 6.45) is 1.01. The second kappa shape index (κ2) is 8.80. The first-order chi connectivity index (χ1) is 9.15. The van der Waals surface area contributed by atoms with Crippen LogP contribution in [0.3, 0.4) is 0 Å². The van der Waals surface area contributed by atoms with E-state index in [2.05, 4.69) is 92.7 Å². The van der Waals surface area contributed by atoms with Crippen LogP contribution in [0.15, 0.2) is 22.4 Å². The minimum atomic E-state index is -1.48. The average Bonchev–Trinajstić information content (AvgIpc) is 2.36. The van der Waals surface area contributed by atoms with E-state index >= 15 is 0 Å². The molecule has 1 aromatic carbocycles. The molecule has 1 aromatic rings. The van der Waals surface area contributed by atoms with Crippen LogP contribution >= 0.6 is 90.7 Å². The second-order valence-electron chi connectivity index (χ2n) is 4.92. The number of halogens is 6. The summed E-state index contributed by atoms with van der Waals surface area (Å²) in [5.74, 6) is 0. The van der Waals surface area contributed by atoms with Gasteiger partial charge < -0.3 is 4.74 Å². The molecular formula is C12H14Br5ClOSi. The topological polar surface area (TPSA) is 9.23 Å². The molecule has 1 nitrogen and oxygen atoms in total. The van der Waals surface area contributed by atoms with Crippen LogP contribution in [-0.4, -0.2) is 14.0 Å². The summed E-state index contributed by atoms with van der Waals surface area (Å²) in [7, 11) is -1.48. The Balaban J connectivity index is 2.66. The summed E-state index contributed by atoms with van der Waals surface area (Å²) >= 11 is 24.1. The standard InChI is InChI=1S/C12H14Br5ClOSi/c1-20(2,18)5-3-4-19-6-7-8(13)10(15)12(17)11(16)9(7)14/h3-6H2,1-2H3. The Morgan fingerprint density at radius 3 is 1.80 bits per heavy atom. The quantitative estimate of drug-likeness (QED) is 0.102. The molecule has 0 aliphatic heterocycles. The predicted octanol–water partition coefficient (Wildman–Crippen LogP) is 7.85. The number of hydrogen-bond acceptors (Lipinski definition) is 1. The minimum absolute atomic E-state index is 0.552. The highest BCUT2D eigenvalue weighted by atomic mass is 79.9. The van der Waals surface area contributed by atoms with Crippen molar-refractivity contribution in [1.82, 2.24) is 0 Å². The van der Waals surface area contributed by atoms with Gasteiger partial charge in [0.05, 0.1) is 6.61 Å². The van der Waals surface area contributed by atoms with E-state index in [-0.39, 0.29) is 0 Å². The molecule has 0 amide bonds. The van der Waals surface area contributed by atoms with Gasteiger partial charge in [-0.2, -0.15) is 11.1 Å². The van der Waals surface area contributed by atoms with Crippen molar-refractivity contribution in [1.29, 1.82) is 0 Å². The molecule has 0 atom stereocenters. The molecule has 114 valence electrons. The highest BCUT2D eigenvalue weighted by Gasteiger charge is 2.18. The average molecular weight is 637 g/mol. The SMILES string of the molecule is C[Si](C)(Cl)CCCOCc1c(Br)c(Br)c(Br)c(Br)c1Br. The maximum Gasteiger partial charge on any atom is 0.150 e. The molecule has 20 heavy (non-hydrogen) atoms. The number of benzene rings is 1. The van der Waals surface area contributed by atoms with Crippen LogP contribution < -0.4 is 0 Å². The van der Waals surface area contributed by atoms with Gasteiger partial charge in [0.2, 0.25) is 0 Å². The highest BCUT2D eigenvalue weighted by Crippen LogP contribution is 2.44. The van der Waals surface area contributed by atoms with Gasteiger partial charge in [-0.15, -0.1) is 0 Å². The Bertz CT molecular complexity index is 461. The van der Waals surface area contributed by atoms with Crippen molar-refractivity contribution in [2.75, 3.05) is 6.61 Å². The molecule has 0 N–H and O–H groups in total. The van der Waals surface area contributed by atoms with Crippen LogP contribution in [0, 0.1) is 0 Å². The van der Waals surface area contributed by atoms with E-state index in [0.717, 1.165) is 47.0 Å². The lowest BCUT2D eigenvalue weighted by Crippen LogP contribution is -2.16. The lowest BCUT2D eigenvalue weighted by Gasteiger charge is -2.15. The molecule has 0 unspecified atom stereocenters. The molecule has 0 spiro atoms. The molecule has 0 heterocycles. The van der Waals surface area contributed by atoms with Crippen LogP contribution in [-0.2, 0) is 11.3 Å². The zero-order valence-electron chi connectivity index (χ0n) is 11.0. The van der Waals surface area contributed by atoms with E-state index in [1.54, 1.807) is 0 Å². The zero-order valence-corrected chi connectivity index (χ0v) is 20.7. The largest absolute Gasteiger partial charge is 0.377 e. The third-order valence-electron chi connectivity index (χ3n) is 2.61. The summed E-state index contributed by atoms with van der Waals surface area (Å²) in [5.41, 5.74) is 1.08. The van der Waals surface area contributed by atoms with Gasteiger partial charge >= 0.3 is 0 Å². The third kappa shape index (κ3) is 5.94. The highest BCUT2D eigenvalue weighted by molar-refractivity contribution is 9.15. The normalized spacial score (nSPS) is 12.0. The molecular weight excluding hydrogens is 623 g/mol. The zero-order chi connectivity index (χ0) is 15.5. The van der Waals surface area contributed by atoms with Gasteiger partial charge in [0.25, 0.3) is 0 Å². The molecule has 0 radical (unpaired) electrons. The van der Waals surface area contributed by atoms with Gasteiger partial charge in [0.1, 0.15) is 0 Å². The molecule has 0 aromatic heterocycles. The van der Waals surface area contributed by atoms with Gasteiger partial charge in [-0.1, -0.05) is 13.1 Å².